The van der Waals surface area contributed by atoms with Crippen LogP contribution in [0.1, 0.15) is 54.4 Å². The third-order valence-electron chi connectivity index (χ3n) is 4.93. The number of halogens is 1. The second-order valence-electron chi connectivity index (χ2n) is 6.19. The van der Waals surface area contributed by atoms with E-state index in [0.717, 1.165) is 34.5 Å². The lowest BCUT2D eigenvalue weighted by Gasteiger charge is -2.44. The van der Waals surface area contributed by atoms with Crippen molar-refractivity contribution in [3.05, 3.63) is 33.8 Å². The van der Waals surface area contributed by atoms with Crippen molar-refractivity contribution >= 4 is 21.8 Å². The first-order valence-corrected chi connectivity index (χ1v) is 8.54. The van der Waals surface area contributed by atoms with Crippen molar-refractivity contribution in [1.82, 2.24) is 4.90 Å². The molecule has 0 bridgehead atoms. The third-order valence-corrected chi connectivity index (χ3v) is 5.98. The second kappa shape index (κ2) is 5.88. The quantitative estimate of drug-likeness (QED) is 0.737. The molecule has 1 aliphatic heterocycles. The van der Waals surface area contributed by atoms with Gasteiger partial charge in [-0.15, -0.1) is 0 Å². The highest BCUT2D eigenvalue weighted by atomic mass is 79.9. The standard InChI is InChI=1S/C17H22BrNO/c1-12-6-4-9-14(16(12)18)17(20)19-11-5-8-13-7-2-3-10-15(13)19/h4,6,9,13,15H,2-3,5,7-8,10-11H2,1H3. The lowest BCUT2D eigenvalue weighted by atomic mass is 9.78. The van der Waals surface area contributed by atoms with E-state index in [-0.39, 0.29) is 5.91 Å². The smallest absolute Gasteiger partial charge is 0.255 e. The Labute approximate surface area is 129 Å². The van der Waals surface area contributed by atoms with Crippen LogP contribution in [0.15, 0.2) is 22.7 Å². The van der Waals surface area contributed by atoms with E-state index < -0.39 is 0 Å². The Morgan fingerprint density at radius 3 is 2.80 bits per heavy atom. The van der Waals surface area contributed by atoms with Gasteiger partial charge in [0.25, 0.3) is 5.91 Å². The van der Waals surface area contributed by atoms with Gasteiger partial charge in [-0.2, -0.15) is 0 Å². The van der Waals surface area contributed by atoms with Crippen LogP contribution < -0.4 is 0 Å². The molecule has 108 valence electrons. The maximum absolute atomic E-state index is 12.9. The van der Waals surface area contributed by atoms with E-state index in [2.05, 4.69) is 20.8 Å². The first-order valence-electron chi connectivity index (χ1n) is 7.74. The zero-order valence-corrected chi connectivity index (χ0v) is 13.7. The average Bonchev–Trinajstić information content (AvgIpc) is 2.49. The van der Waals surface area contributed by atoms with E-state index in [1.54, 1.807) is 0 Å². The van der Waals surface area contributed by atoms with E-state index in [1.165, 1.54) is 32.1 Å². The molecular weight excluding hydrogens is 314 g/mol. The molecule has 1 aromatic rings. The van der Waals surface area contributed by atoms with Crippen molar-refractivity contribution in [3.8, 4) is 0 Å². The van der Waals surface area contributed by atoms with Gasteiger partial charge in [-0.3, -0.25) is 4.79 Å². The van der Waals surface area contributed by atoms with Crippen molar-refractivity contribution in [3.63, 3.8) is 0 Å². The molecule has 1 saturated carbocycles. The first kappa shape index (κ1) is 14.1. The van der Waals surface area contributed by atoms with Crippen molar-refractivity contribution in [2.24, 2.45) is 5.92 Å². The molecule has 1 saturated heterocycles. The Balaban J connectivity index is 1.87. The SMILES string of the molecule is Cc1cccc(C(=O)N2CCCC3CCCCC32)c1Br. The van der Waals surface area contributed by atoms with Gasteiger partial charge in [-0.05, 0) is 66.1 Å². The van der Waals surface area contributed by atoms with Gasteiger partial charge >= 0.3 is 0 Å². The topological polar surface area (TPSA) is 20.3 Å². The number of rotatable bonds is 1. The lowest BCUT2D eigenvalue weighted by Crippen LogP contribution is -2.49. The predicted molar refractivity (Wildman–Crippen MR) is 84.9 cm³/mol. The van der Waals surface area contributed by atoms with Gasteiger partial charge in [0.05, 0.1) is 5.56 Å². The molecule has 0 N–H and O–H groups in total. The van der Waals surface area contributed by atoms with Crippen LogP contribution >= 0.6 is 15.9 Å². The van der Waals surface area contributed by atoms with E-state index in [0.29, 0.717) is 6.04 Å². The Hall–Kier alpha value is -0.830. The number of nitrogens with zero attached hydrogens (tertiary/aromatic N) is 1. The molecule has 0 radical (unpaired) electrons. The summed E-state index contributed by atoms with van der Waals surface area (Å²) in [7, 11) is 0. The van der Waals surface area contributed by atoms with Crippen LogP contribution in [0.25, 0.3) is 0 Å². The van der Waals surface area contributed by atoms with E-state index in [1.807, 2.05) is 25.1 Å². The number of piperidine rings is 1. The molecular formula is C17H22BrNO. The summed E-state index contributed by atoms with van der Waals surface area (Å²) in [6, 6.07) is 6.46. The van der Waals surface area contributed by atoms with Crippen molar-refractivity contribution in [1.29, 1.82) is 0 Å². The molecule has 2 nitrogen and oxygen atoms in total. The van der Waals surface area contributed by atoms with Gasteiger partial charge in [0.2, 0.25) is 0 Å². The summed E-state index contributed by atoms with van der Waals surface area (Å²) in [5.41, 5.74) is 1.96. The van der Waals surface area contributed by atoms with Crippen LogP contribution in [-0.2, 0) is 0 Å². The number of aryl methyl sites for hydroxylation is 1. The number of hydrogen-bond acceptors (Lipinski definition) is 1. The molecule has 2 fully saturated rings. The Morgan fingerprint density at radius 1 is 1.20 bits per heavy atom. The lowest BCUT2D eigenvalue weighted by molar-refractivity contribution is 0.0390. The van der Waals surface area contributed by atoms with Crippen LogP contribution in [-0.4, -0.2) is 23.4 Å². The largest absolute Gasteiger partial charge is 0.335 e. The second-order valence-corrected chi connectivity index (χ2v) is 6.98. The number of benzene rings is 1. The number of carbonyl (C=O) groups is 1. The number of hydrogen-bond donors (Lipinski definition) is 0. The molecule has 0 spiro atoms. The molecule has 1 heterocycles. The normalized spacial score (nSPS) is 26.2. The Morgan fingerprint density at radius 2 is 1.95 bits per heavy atom. The molecule has 1 amide bonds. The van der Waals surface area contributed by atoms with Crippen LogP contribution in [0, 0.1) is 12.8 Å². The van der Waals surface area contributed by atoms with Crippen LogP contribution in [0.5, 0.6) is 0 Å². The molecule has 2 aliphatic rings. The highest BCUT2D eigenvalue weighted by Gasteiger charge is 2.36. The number of carbonyl (C=O) groups excluding carboxylic acids is 1. The highest BCUT2D eigenvalue weighted by Crippen LogP contribution is 2.36. The van der Waals surface area contributed by atoms with Gasteiger partial charge in [0, 0.05) is 17.1 Å². The van der Waals surface area contributed by atoms with Gasteiger partial charge in [0.1, 0.15) is 0 Å². The van der Waals surface area contributed by atoms with Crippen LogP contribution in [0.4, 0.5) is 0 Å². The van der Waals surface area contributed by atoms with Gasteiger partial charge in [0.15, 0.2) is 0 Å². The zero-order chi connectivity index (χ0) is 14.1. The summed E-state index contributed by atoms with van der Waals surface area (Å²) >= 11 is 3.59. The maximum Gasteiger partial charge on any atom is 0.255 e. The summed E-state index contributed by atoms with van der Waals surface area (Å²) in [5.74, 6) is 0.960. The minimum absolute atomic E-state index is 0.220. The summed E-state index contributed by atoms with van der Waals surface area (Å²) in [6.07, 6.45) is 7.60. The minimum Gasteiger partial charge on any atom is -0.335 e. The third kappa shape index (κ3) is 2.52. The number of fused-ring (bicyclic) bond motifs is 1. The number of likely N-dealkylation sites (tertiary alicyclic amines) is 1. The van der Waals surface area contributed by atoms with E-state index >= 15 is 0 Å². The summed E-state index contributed by atoms with van der Waals surface area (Å²) in [5, 5.41) is 0. The molecule has 2 unspecified atom stereocenters. The summed E-state index contributed by atoms with van der Waals surface area (Å²) < 4.78 is 0.961. The average molecular weight is 336 g/mol. The fourth-order valence-corrected chi connectivity index (χ4v) is 4.28. The van der Waals surface area contributed by atoms with Crippen LogP contribution in [0.2, 0.25) is 0 Å². The van der Waals surface area contributed by atoms with Gasteiger partial charge in [-0.25, -0.2) is 0 Å². The Bertz CT molecular complexity index is 512. The fraction of sp³-hybridized carbons (Fsp3) is 0.588. The maximum atomic E-state index is 12.9. The number of amides is 1. The monoisotopic (exact) mass is 335 g/mol. The Kier molecular flexibility index (Phi) is 4.16. The molecule has 3 heteroatoms. The van der Waals surface area contributed by atoms with Gasteiger partial charge in [-0.1, -0.05) is 25.0 Å². The summed E-state index contributed by atoms with van der Waals surface area (Å²) in [4.78, 5) is 15.1. The molecule has 1 aliphatic carbocycles. The molecule has 3 rings (SSSR count). The first-order chi connectivity index (χ1) is 9.68. The summed E-state index contributed by atoms with van der Waals surface area (Å²) in [6.45, 7) is 2.97. The van der Waals surface area contributed by atoms with Crippen molar-refractivity contribution < 1.29 is 4.79 Å². The predicted octanol–water partition coefficient (Wildman–Crippen LogP) is 4.55. The molecule has 2 atom stereocenters. The highest BCUT2D eigenvalue weighted by molar-refractivity contribution is 9.10. The van der Waals surface area contributed by atoms with Crippen molar-refractivity contribution in [2.45, 2.75) is 51.5 Å². The minimum atomic E-state index is 0.220. The van der Waals surface area contributed by atoms with Gasteiger partial charge < -0.3 is 4.90 Å². The van der Waals surface area contributed by atoms with E-state index in [4.69, 9.17) is 0 Å². The molecule has 20 heavy (non-hydrogen) atoms. The molecule has 1 aromatic carbocycles. The van der Waals surface area contributed by atoms with Crippen molar-refractivity contribution in [2.75, 3.05) is 6.54 Å². The van der Waals surface area contributed by atoms with E-state index in [9.17, 15) is 4.79 Å². The van der Waals surface area contributed by atoms with Crippen LogP contribution in [0.3, 0.4) is 0 Å². The molecule has 0 aromatic heterocycles. The zero-order valence-electron chi connectivity index (χ0n) is 12.1. The fourth-order valence-electron chi connectivity index (χ4n) is 3.84.